The van der Waals surface area contributed by atoms with Gasteiger partial charge < -0.3 is 4.98 Å². The van der Waals surface area contributed by atoms with Gasteiger partial charge in [-0.05, 0) is 23.1 Å². The molecule has 0 aliphatic rings. The molecule has 1 heterocycles. The Morgan fingerprint density at radius 3 is 2.39 bits per heavy atom. The van der Waals surface area contributed by atoms with E-state index in [4.69, 9.17) is 0 Å². The molecule has 0 bridgehead atoms. The first-order chi connectivity index (χ1) is 11.0. The standard InChI is InChI=1S/C18H16N2O3/c1-11(2)12-3-5-13(6-4-12)18-16(10-21)15-9-14(20(22)23)7-8-17(15)19-18/h3-11,19H,1-2H3. The van der Waals surface area contributed by atoms with Gasteiger partial charge in [0.05, 0.1) is 10.6 Å². The third kappa shape index (κ3) is 2.61. The molecule has 0 amide bonds. The van der Waals surface area contributed by atoms with Crippen LogP contribution in [0, 0.1) is 10.1 Å². The molecule has 0 radical (unpaired) electrons. The number of hydrogen-bond acceptors (Lipinski definition) is 3. The molecule has 5 heteroatoms. The fourth-order valence-electron chi connectivity index (χ4n) is 2.70. The molecule has 0 unspecified atom stereocenters. The first-order valence-electron chi connectivity index (χ1n) is 7.37. The predicted molar refractivity (Wildman–Crippen MR) is 89.9 cm³/mol. The van der Waals surface area contributed by atoms with Gasteiger partial charge in [-0.2, -0.15) is 0 Å². The maximum absolute atomic E-state index is 11.5. The summed E-state index contributed by atoms with van der Waals surface area (Å²) in [7, 11) is 0. The summed E-state index contributed by atoms with van der Waals surface area (Å²) in [4.78, 5) is 25.2. The Kier molecular flexibility index (Phi) is 3.70. The minimum absolute atomic E-state index is 0.0266. The average molecular weight is 308 g/mol. The zero-order valence-electron chi connectivity index (χ0n) is 12.9. The summed E-state index contributed by atoms with van der Waals surface area (Å²) in [6.07, 6.45) is 0.744. The molecular weight excluding hydrogens is 292 g/mol. The Bertz CT molecular complexity index is 893. The van der Waals surface area contributed by atoms with E-state index in [0.29, 0.717) is 28.1 Å². The lowest BCUT2D eigenvalue weighted by Gasteiger charge is -2.06. The molecule has 5 nitrogen and oxygen atoms in total. The Labute approximate surface area is 133 Å². The van der Waals surface area contributed by atoms with Crippen molar-refractivity contribution in [2.45, 2.75) is 19.8 Å². The number of carbonyl (C=O) groups is 1. The van der Waals surface area contributed by atoms with Crippen LogP contribution >= 0.6 is 0 Å². The number of benzene rings is 2. The maximum atomic E-state index is 11.5. The van der Waals surface area contributed by atoms with Crippen molar-refractivity contribution in [3.05, 3.63) is 63.7 Å². The molecule has 116 valence electrons. The van der Waals surface area contributed by atoms with Crippen molar-refractivity contribution in [3.63, 3.8) is 0 Å². The molecule has 0 aliphatic carbocycles. The summed E-state index contributed by atoms with van der Waals surface area (Å²) in [6, 6.07) is 12.5. The molecule has 0 atom stereocenters. The van der Waals surface area contributed by atoms with E-state index in [9.17, 15) is 14.9 Å². The number of aldehydes is 1. The normalized spacial score (nSPS) is 11.1. The van der Waals surface area contributed by atoms with Crippen LogP contribution in [0.3, 0.4) is 0 Å². The molecule has 23 heavy (non-hydrogen) atoms. The van der Waals surface area contributed by atoms with Crippen molar-refractivity contribution in [1.82, 2.24) is 4.98 Å². The highest BCUT2D eigenvalue weighted by atomic mass is 16.6. The van der Waals surface area contributed by atoms with E-state index in [1.54, 1.807) is 6.07 Å². The second-order valence-corrected chi connectivity index (χ2v) is 5.80. The molecule has 0 spiro atoms. The number of hydrogen-bond donors (Lipinski definition) is 1. The highest BCUT2D eigenvalue weighted by Gasteiger charge is 2.16. The topological polar surface area (TPSA) is 76.0 Å². The maximum Gasteiger partial charge on any atom is 0.270 e. The highest BCUT2D eigenvalue weighted by molar-refractivity contribution is 6.05. The number of carbonyl (C=O) groups excluding carboxylic acids is 1. The van der Waals surface area contributed by atoms with Crippen LogP contribution < -0.4 is 0 Å². The summed E-state index contributed by atoms with van der Waals surface area (Å²) in [5.74, 6) is 0.431. The third-order valence-electron chi connectivity index (χ3n) is 4.02. The van der Waals surface area contributed by atoms with Gasteiger partial charge in [0.25, 0.3) is 5.69 Å². The van der Waals surface area contributed by atoms with Gasteiger partial charge in [-0.1, -0.05) is 38.1 Å². The fraction of sp³-hybridized carbons (Fsp3) is 0.167. The largest absolute Gasteiger partial charge is 0.354 e. The minimum atomic E-state index is -0.460. The van der Waals surface area contributed by atoms with E-state index >= 15 is 0 Å². The van der Waals surface area contributed by atoms with Crippen LogP contribution in [-0.4, -0.2) is 16.2 Å². The van der Waals surface area contributed by atoms with Gasteiger partial charge in [-0.25, -0.2) is 0 Å². The first-order valence-corrected chi connectivity index (χ1v) is 7.37. The molecule has 0 fully saturated rings. The Morgan fingerprint density at radius 1 is 1.13 bits per heavy atom. The van der Waals surface area contributed by atoms with E-state index in [0.717, 1.165) is 11.8 Å². The molecule has 1 aromatic heterocycles. The van der Waals surface area contributed by atoms with Crippen LogP contribution in [0.15, 0.2) is 42.5 Å². The molecule has 3 rings (SSSR count). The van der Waals surface area contributed by atoms with Gasteiger partial charge in [0.15, 0.2) is 6.29 Å². The van der Waals surface area contributed by atoms with Gasteiger partial charge in [0.2, 0.25) is 0 Å². The van der Waals surface area contributed by atoms with E-state index in [-0.39, 0.29) is 5.69 Å². The van der Waals surface area contributed by atoms with Crippen LogP contribution in [0.2, 0.25) is 0 Å². The zero-order valence-corrected chi connectivity index (χ0v) is 12.9. The van der Waals surface area contributed by atoms with Crippen molar-refractivity contribution in [2.24, 2.45) is 0 Å². The number of aromatic nitrogens is 1. The average Bonchev–Trinajstić information content (AvgIpc) is 2.92. The van der Waals surface area contributed by atoms with Crippen LogP contribution in [0.25, 0.3) is 22.2 Å². The summed E-state index contributed by atoms with van der Waals surface area (Å²) in [6.45, 7) is 4.24. The van der Waals surface area contributed by atoms with Crippen molar-refractivity contribution < 1.29 is 9.72 Å². The van der Waals surface area contributed by atoms with Gasteiger partial charge >= 0.3 is 0 Å². The number of aromatic amines is 1. The molecular formula is C18H16N2O3. The smallest absolute Gasteiger partial charge is 0.270 e. The Morgan fingerprint density at radius 2 is 1.83 bits per heavy atom. The van der Waals surface area contributed by atoms with Gasteiger partial charge in [0, 0.05) is 28.6 Å². The van der Waals surface area contributed by atoms with E-state index in [2.05, 4.69) is 18.8 Å². The third-order valence-corrected chi connectivity index (χ3v) is 4.02. The second kappa shape index (κ2) is 5.68. The number of non-ortho nitro benzene ring substituents is 1. The van der Waals surface area contributed by atoms with Crippen LogP contribution in [0.5, 0.6) is 0 Å². The molecule has 1 N–H and O–H groups in total. The molecule has 3 aromatic rings. The minimum Gasteiger partial charge on any atom is -0.354 e. The summed E-state index contributed by atoms with van der Waals surface area (Å²) in [5, 5.41) is 11.5. The van der Waals surface area contributed by atoms with Crippen molar-refractivity contribution >= 4 is 22.9 Å². The summed E-state index contributed by atoms with van der Waals surface area (Å²) >= 11 is 0. The number of rotatable bonds is 4. The van der Waals surface area contributed by atoms with Crippen LogP contribution in [0.4, 0.5) is 5.69 Å². The van der Waals surface area contributed by atoms with Gasteiger partial charge in [-0.15, -0.1) is 0 Å². The lowest BCUT2D eigenvalue weighted by atomic mass is 9.99. The molecule has 2 aromatic carbocycles. The molecule has 0 saturated carbocycles. The van der Waals surface area contributed by atoms with Crippen LogP contribution in [0.1, 0.15) is 35.7 Å². The molecule has 0 saturated heterocycles. The molecule has 0 aliphatic heterocycles. The highest BCUT2D eigenvalue weighted by Crippen LogP contribution is 2.32. The monoisotopic (exact) mass is 308 g/mol. The fourth-order valence-corrected chi connectivity index (χ4v) is 2.70. The van der Waals surface area contributed by atoms with Crippen molar-refractivity contribution in [3.8, 4) is 11.3 Å². The van der Waals surface area contributed by atoms with Crippen molar-refractivity contribution in [2.75, 3.05) is 0 Å². The number of fused-ring (bicyclic) bond motifs is 1. The van der Waals surface area contributed by atoms with E-state index in [1.807, 2.05) is 24.3 Å². The number of H-pyrrole nitrogens is 1. The summed E-state index contributed by atoms with van der Waals surface area (Å²) in [5.41, 5.74) is 3.91. The number of nitro groups is 1. The van der Waals surface area contributed by atoms with Crippen molar-refractivity contribution in [1.29, 1.82) is 0 Å². The number of nitrogens with one attached hydrogen (secondary N) is 1. The SMILES string of the molecule is CC(C)c1ccc(-c2[nH]c3ccc([N+](=O)[O-])cc3c2C=O)cc1. The van der Waals surface area contributed by atoms with Gasteiger partial charge in [-0.3, -0.25) is 14.9 Å². The lowest BCUT2D eigenvalue weighted by Crippen LogP contribution is -1.89. The Hall–Kier alpha value is -2.95. The Balaban J connectivity index is 2.17. The first kappa shape index (κ1) is 15.0. The van der Waals surface area contributed by atoms with Gasteiger partial charge in [0.1, 0.15) is 0 Å². The number of nitrogens with zero attached hydrogens (tertiary/aromatic N) is 1. The summed E-state index contributed by atoms with van der Waals surface area (Å²) < 4.78 is 0. The quantitative estimate of drug-likeness (QED) is 0.432. The lowest BCUT2D eigenvalue weighted by molar-refractivity contribution is -0.384. The second-order valence-electron chi connectivity index (χ2n) is 5.80. The predicted octanol–water partition coefficient (Wildman–Crippen LogP) is 4.68. The van der Waals surface area contributed by atoms with Crippen LogP contribution in [-0.2, 0) is 0 Å². The van der Waals surface area contributed by atoms with E-state index in [1.165, 1.54) is 17.7 Å². The van der Waals surface area contributed by atoms with E-state index < -0.39 is 4.92 Å². The number of nitro benzene ring substituents is 1. The zero-order chi connectivity index (χ0) is 16.6.